The van der Waals surface area contributed by atoms with Crippen LogP contribution < -0.4 is 20.4 Å². The third kappa shape index (κ3) is 5.64. The zero-order valence-corrected chi connectivity index (χ0v) is 24.2. The molecule has 210 valence electrons. The van der Waals surface area contributed by atoms with Crippen molar-refractivity contribution in [3.63, 3.8) is 0 Å². The van der Waals surface area contributed by atoms with Crippen molar-refractivity contribution in [2.45, 2.75) is 33.1 Å². The average Bonchev–Trinajstić information content (AvgIpc) is 3.56. The summed E-state index contributed by atoms with van der Waals surface area (Å²) in [6, 6.07) is 25.4. The number of hydrogen-bond acceptors (Lipinski definition) is 7. The summed E-state index contributed by atoms with van der Waals surface area (Å²) in [6.07, 6.45) is 6.07. The van der Waals surface area contributed by atoms with E-state index in [0.29, 0.717) is 17.6 Å². The van der Waals surface area contributed by atoms with E-state index in [2.05, 4.69) is 23.1 Å². The standard InChI is InChI=1S/C33H29N5O3S/c1-3-4-17-41-28-16-15-24(18-22(28)2)30-25(21-37(36-30)26-13-9-6-10-14-26)20-29-32(40)38-33(42-29)34-31(39)27(35-38)19-23-11-7-5-8-12-23/h5-16,18,20-21H,3-4,17,19H2,1-2H3/b29-20+. The molecule has 0 N–H and O–H groups in total. The third-order valence-electron chi connectivity index (χ3n) is 6.92. The molecule has 6 aromatic rings. The molecule has 0 radical (unpaired) electrons. The molecule has 0 aliphatic heterocycles. The molecular weight excluding hydrogens is 546 g/mol. The minimum absolute atomic E-state index is 0.231. The number of ether oxygens (including phenoxy) is 1. The van der Waals surface area contributed by atoms with Crippen molar-refractivity contribution in [3.8, 4) is 22.7 Å². The van der Waals surface area contributed by atoms with Gasteiger partial charge in [0.25, 0.3) is 11.1 Å². The number of unbranched alkanes of at least 4 members (excludes halogenated alkanes) is 1. The topological polar surface area (TPSA) is 91.4 Å². The molecule has 0 saturated carbocycles. The third-order valence-corrected chi connectivity index (χ3v) is 7.88. The van der Waals surface area contributed by atoms with E-state index < -0.39 is 5.56 Å². The van der Waals surface area contributed by atoms with Gasteiger partial charge >= 0.3 is 0 Å². The first-order valence-electron chi connectivity index (χ1n) is 13.9. The molecule has 0 bridgehead atoms. The van der Waals surface area contributed by atoms with Gasteiger partial charge in [-0.3, -0.25) is 9.59 Å². The Labute approximate surface area is 246 Å². The fraction of sp³-hybridized carbons (Fsp3) is 0.182. The van der Waals surface area contributed by atoms with Crippen LogP contribution in [0, 0.1) is 6.92 Å². The summed E-state index contributed by atoms with van der Waals surface area (Å²) in [5.41, 5.74) is 4.68. The van der Waals surface area contributed by atoms with Gasteiger partial charge in [-0.2, -0.15) is 19.7 Å². The van der Waals surface area contributed by atoms with Crippen LogP contribution in [0.1, 0.15) is 42.1 Å². The summed E-state index contributed by atoms with van der Waals surface area (Å²) in [5.74, 6) is 0.847. The van der Waals surface area contributed by atoms with Crippen LogP contribution in [-0.4, -0.2) is 31.0 Å². The van der Waals surface area contributed by atoms with Crippen LogP contribution in [0.3, 0.4) is 0 Å². The second-order valence-corrected chi connectivity index (χ2v) is 11.0. The van der Waals surface area contributed by atoms with Gasteiger partial charge in [-0.25, -0.2) is 4.68 Å². The summed E-state index contributed by atoms with van der Waals surface area (Å²) < 4.78 is 9.40. The van der Waals surface area contributed by atoms with E-state index in [1.54, 1.807) is 10.8 Å². The summed E-state index contributed by atoms with van der Waals surface area (Å²) in [5, 5.41) is 9.31. The maximum absolute atomic E-state index is 13.5. The van der Waals surface area contributed by atoms with Crippen LogP contribution in [0.5, 0.6) is 5.75 Å². The van der Waals surface area contributed by atoms with Crippen LogP contribution in [0.4, 0.5) is 0 Å². The van der Waals surface area contributed by atoms with Crippen LogP contribution in [-0.2, 0) is 6.42 Å². The SMILES string of the molecule is CCCCOc1ccc(-c2nn(-c3ccccc3)cc2/C=c2/sc3nc(=O)c(Cc4ccccc4)nn3c2=O)cc1C. The van der Waals surface area contributed by atoms with Crippen molar-refractivity contribution in [2.75, 3.05) is 6.61 Å². The van der Waals surface area contributed by atoms with Gasteiger partial charge < -0.3 is 4.74 Å². The minimum atomic E-state index is -0.430. The first-order valence-corrected chi connectivity index (χ1v) is 14.7. The monoisotopic (exact) mass is 575 g/mol. The molecule has 3 aromatic carbocycles. The molecule has 3 heterocycles. The predicted octanol–water partition coefficient (Wildman–Crippen LogP) is 4.99. The van der Waals surface area contributed by atoms with E-state index in [9.17, 15) is 9.59 Å². The van der Waals surface area contributed by atoms with E-state index in [1.165, 1.54) is 4.52 Å². The molecule has 0 fully saturated rings. The second kappa shape index (κ2) is 11.9. The lowest BCUT2D eigenvalue weighted by atomic mass is 10.0. The molecule has 6 rings (SSSR count). The van der Waals surface area contributed by atoms with E-state index in [1.807, 2.05) is 85.9 Å². The Morgan fingerprint density at radius 2 is 1.71 bits per heavy atom. The molecule has 3 aromatic heterocycles. The minimum Gasteiger partial charge on any atom is -0.493 e. The Hall–Kier alpha value is -4.89. The first-order chi connectivity index (χ1) is 20.5. The van der Waals surface area contributed by atoms with Crippen molar-refractivity contribution in [3.05, 3.63) is 133 Å². The van der Waals surface area contributed by atoms with Gasteiger partial charge in [0.2, 0.25) is 4.96 Å². The van der Waals surface area contributed by atoms with E-state index in [-0.39, 0.29) is 16.2 Å². The lowest BCUT2D eigenvalue weighted by Crippen LogP contribution is -2.28. The number of thiazole rings is 1. The largest absolute Gasteiger partial charge is 0.493 e. The van der Waals surface area contributed by atoms with Gasteiger partial charge in [-0.05, 0) is 60.9 Å². The molecule has 0 atom stereocenters. The van der Waals surface area contributed by atoms with Crippen molar-refractivity contribution >= 4 is 22.4 Å². The summed E-state index contributed by atoms with van der Waals surface area (Å²) in [7, 11) is 0. The molecule has 0 amide bonds. The zero-order valence-electron chi connectivity index (χ0n) is 23.4. The second-order valence-electron chi connectivity index (χ2n) is 10.0. The molecule has 0 spiro atoms. The number of aromatic nitrogens is 5. The fourth-order valence-electron chi connectivity index (χ4n) is 4.70. The molecule has 0 saturated heterocycles. The van der Waals surface area contributed by atoms with Gasteiger partial charge in [0.05, 0.1) is 16.8 Å². The summed E-state index contributed by atoms with van der Waals surface area (Å²) >= 11 is 1.14. The highest BCUT2D eigenvalue weighted by Crippen LogP contribution is 2.29. The van der Waals surface area contributed by atoms with Crippen molar-refractivity contribution in [1.29, 1.82) is 0 Å². The normalized spacial score (nSPS) is 11.8. The highest BCUT2D eigenvalue weighted by atomic mass is 32.1. The number of hydrogen-bond donors (Lipinski definition) is 0. The smallest absolute Gasteiger partial charge is 0.296 e. The maximum Gasteiger partial charge on any atom is 0.296 e. The van der Waals surface area contributed by atoms with E-state index in [0.717, 1.165) is 63.6 Å². The van der Waals surface area contributed by atoms with Gasteiger partial charge in [-0.15, -0.1) is 0 Å². The Bertz CT molecular complexity index is 2030. The number of benzene rings is 3. The van der Waals surface area contributed by atoms with Crippen LogP contribution in [0.2, 0.25) is 0 Å². The highest BCUT2D eigenvalue weighted by molar-refractivity contribution is 7.15. The molecule has 0 aliphatic carbocycles. The number of para-hydroxylation sites is 1. The van der Waals surface area contributed by atoms with Crippen molar-refractivity contribution < 1.29 is 4.74 Å². The highest BCUT2D eigenvalue weighted by Gasteiger charge is 2.16. The van der Waals surface area contributed by atoms with Crippen LogP contribution in [0.25, 0.3) is 28.0 Å². The van der Waals surface area contributed by atoms with Gasteiger partial charge in [0.15, 0.2) is 0 Å². The van der Waals surface area contributed by atoms with Gasteiger partial charge in [-0.1, -0.05) is 73.2 Å². The molecule has 0 unspecified atom stereocenters. The van der Waals surface area contributed by atoms with Gasteiger partial charge in [0.1, 0.15) is 17.1 Å². The van der Waals surface area contributed by atoms with Crippen LogP contribution >= 0.6 is 11.3 Å². The number of nitrogens with zero attached hydrogens (tertiary/aromatic N) is 5. The lowest BCUT2D eigenvalue weighted by Gasteiger charge is -2.10. The lowest BCUT2D eigenvalue weighted by molar-refractivity contribution is 0.307. The molecule has 8 nitrogen and oxygen atoms in total. The fourth-order valence-corrected chi connectivity index (χ4v) is 5.59. The Morgan fingerprint density at radius 3 is 2.45 bits per heavy atom. The molecule has 9 heteroatoms. The molecular formula is C33H29N5O3S. The molecule has 42 heavy (non-hydrogen) atoms. The predicted molar refractivity (Wildman–Crippen MR) is 166 cm³/mol. The number of fused-ring (bicyclic) bond motifs is 1. The Kier molecular flexibility index (Phi) is 7.74. The summed E-state index contributed by atoms with van der Waals surface area (Å²) in [4.78, 5) is 30.7. The maximum atomic E-state index is 13.5. The van der Waals surface area contributed by atoms with Crippen molar-refractivity contribution in [2.24, 2.45) is 0 Å². The van der Waals surface area contributed by atoms with Gasteiger partial charge in [0, 0.05) is 23.7 Å². The first kappa shape index (κ1) is 27.3. The Morgan fingerprint density at radius 1 is 0.952 bits per heavy atom. The average molecular weight is 576 g/mol. The summed E-state index contributed by atoms with van der Waals surface area (Å²) in [6.45, 7) is 4.83. The van der Waals surface area contributed by atoms with Crippen molar-refractivity contribution in [1.82, 2.24) is 24.4 Å². The zero-order chi connectivity index (χ0) is 29.1. The van der Waals surface area contributed by atoms with Crippen LogP contribution in [0.15, 0.2) is 94.6 Å². The van der Waals surface area contributed by atoms with E-state index >= 15 is 0 Å². The number of aryl methyl sites for hydroxylation is 1. The number of rotatable bonds is 9. The molecule has 0 aliphatic rings. The Balaban J connectivity index is 1.44. The quantitative estimate of drug-likeness (QED) is 0.226. The van der Waals surface area contributed by atoms with E-state index in [4.69, 9.17) is 9.84 Å².